The molecule has 4 aromatic rings. The van der Waals surface area contributed by atoms with E-state index in [1.165, 1.54) is 4.90 Å². The number of amides is 2. The van der Waals surface area contributed by atoms with Gasteiger partial charge in [-0.15, -0.1) is 5.10 Å². The molecule has 2 aromatic carbocycles. The van der Waals surface area contributed by atoms with Gasteiger partial charge in [0.1, 0.15) is 11.4 Å². The molecule has 2 amide bonds. The summed E-state index contributed by atoms with van der Waals surface area (Å²) in [6.45, 7) is 3.70. The lowest BCUT2D eigenvalue weighted by Gasteiger charge is -2.28. The molecule has 0 fully saturated rings. The van der Waals surface area contributed by atoms with E-state index in [2.05, 4.69) is 15.3 Å². The fourth-order valence-corrected chi connectivity index (χ4v) is 5.20. The first-order chi connectivity index (χ1) is 20.8. The van der Waals surface area contributed by atoms with Crippen LogP contribution >= 0.6 is 0 Å². The molecule has 1 aliphatic heterocycles. The van der Waals surface area contributed by atoms with Crippen LogP contribution in [-0.2, 0) is 16.1 Å². The van der Waals surface area contributed by atoms with Crippen LogP contribution in [0.3, 0.4) is 0 Å². The number of hydrogen-bond donors (Lipinski definition) is 1. The van der Waals surface area contributed by atoms with Gasteiger partial charge in [-0.25, -0.2) is 4.39 Å². The van der Waals surface area contributed by atoms with Gasteiger partial charge in [0.15, 0.2) is 5.82 Å². The largest absolute Gasteiger partial charge is 0.501 e. The number of carbonyl (C=O) groups is 2. The number of fused-ring (bicyclic) bond motifs is 1. The van der Waals surface area contributed by atoms with Gasteiger partial charge >= 0.3 is 0 Å². The normalized spacial score (nSPS) is 13.4. The van der Waals surface area contributed by atoms with Gasteiger partial charge in [0.2, 0.25) is 5.91 Å². The summed E-state index contributed by atoms with van der Waals surface area (Å²) < 4.78 is 29.1. The van der Waals surface area contributed by atoms with E-state index in [-0.39, 0.29) is 36.0 Å². The summed E-state index contributed by atoms with van der Waals surface area (Å²) in [7, 11) is 4.88. The lowest BCUT2D eigenvalue weighted by molar-refractivity contribution is -0.131. The first kappa shape index (κ1) is 29.6. The Morgan fingerprint density at radius 1 is 1.16 bits per heavy atom. The number of methoxy groups -OCH3 is 1. The number of benzene rings is 2. The highest BCUT2D eigenvalue weighted by atomic mass is 19.1. The number of aromatic amines is 1. The second-order valence-corrected chi connectivity index (χ2v) is 10.4. The fourth-order valence-electron chi connectivity index (χ4n) is 5.20. The smallest absolute Gasteiger partial charge is 0.269 e. The number of rotatable bonds is 10. The first-order valence-electron chi connectivity index (χ1n) is 14.1. The molecule has 0 unspecified atom stereocenters. The topological polar surface area (TPSA) is 106 Å². The SMILES string of the molecule is CCO/C=C/c1ccc(-c2cc(C3=CCCN(C(=O)CCn4ccnn4)C3)c(F)c3[nH]c(C(=O)N(C)C)cc23)c(OC)c1. The molecule has 1 aliphatic rings. The maximum atomic E-state index is 16.3. The summed E-state index contributed by atoms with van der Waals surface area (Å²) >= 11 is 0. The van der Waals surface area contributed by atoms with Gasteiger partial charge in [0, 0.05) is 56.3 Å². The highest BCUT2D eigenvalue weighted by Gasteiger charge is 2.25. The van der Waals surface area contributed by atoms with Crippen molar-refractivity contribution >= 4 is 34.4 Å². The average Bonchev–Trinajstić information content (AvgIpc) is 3.71. The Balaban J connectivity index is 1.56. The second kappa shape index (κ2) is 12.9. The molecule has 0 bridgehead atoms. The molecule has 5 rings (SSSR count). The number of H-pyrrole nitrogens is 1. The highest BCUT2D eigenvalue weighted by molar-refractivity contribution is 6.05. The van der Waals surface area contributed by atoms with E-state index >= 15 is 4.39 Å². The zero-order valence-corrected chi connectivity index (χ0v) is 24.8. The molecular weight excluding hydrogens is 551 g/mol. The minimum Gasteiger partial charge on any atom is -0.501 e. The first-order valence-corrected chi connectivity index (χ1v) is 14.1. The summed E-state index contributed by atoms with van der Waals surface area (Å²) in [5, 5.41) is 8.26. The van der Waals surface area contributed by atoms with E-state index in [0.29, 0.717) is 54.0 Å². The number of carbonyl (C=O) groups excluding carboxylic acids is 2. The molecule has 11 heteroatoms. The van der Waals surface area contributed by atoms with Gasteiger partial charge < -0.3 is 24.3 Å². The Bertz CT molecular complexity index is 1690. The summed E-state index contributed by atoms with van der Waals surface area (Å²) in [5.74, 6) is -0.205. The van der Waals surface area contributed by atoms with Crippen LogP contribution in [0.5, 0.6) is 5.75 Å². The molecule has 43 heavy (non-hydrogen) atoms. The number of nitrogens with one attached hydrogen (secondary N) is 1. The van der Waals surface area contributed by atoms with Gasteiger partial charge in [0.05, 0.1) is 38.2 Å². The number of ether oxygens (including phenoxy) is 2. The molecule has 0 atom stereocenters. The van der Waals surface area contributed by atoms with E-state index in [1.807, 2.05) is 37.3 Å². The van der Waals surface area contributed by atoms with Gasteiger partial charge in [-0.3, -0.25) is 14.3 Å². The highest BCUT2D eigenvalue weighted by Crippen LogP contribution is 2.40. The minimum atomic E-state index is -0.477. The number of halogens is 1. The molecule has 2 aromatic heterocycles. The van der Waals surface area contributed by atoms with Crippen LogP contribution in [0.2, 0.25) is 0 Å². The van der Waals surface area contributed by atoms with E-state index in [9.17, 15) is 9.59 Å². The van der Waals surface area contributed by atoms with Crippen LogP contribution in [0.4, 0.5) is 4.39 Å². The molecular formula is C32H35FN6O4. The molecule has 0 aliphatic carbocycles. The standard InChI is InChI=1S/C32H35FN6O4/c1-5-43-16-11-21-8-9-23(28(17-21)42-4)25-18-24(30(33)31-26(25)19-27(35-31)32(41)37(2)3)22-7-6-13-38(20-22)29(40)10-14-39-15-12-34-36-39/h7-9,11-12,15-19,35H,5-6,10,13-14,20H2,1-4H3/b16-11+. The number of aromatic nitrogens is 4. The van der Waals surface area contributed by atoms with Gasteiger partial charge in [-0.05, 0) is 54.3 Å². The van der Waals surface area contributed by atoms with Crippen molar-refractivity contribution in [3.05, 3.63) is 77.7 Å². The van der Waals surface area contributed by atoms with Crippen molar-refractivity contribution in [2.75, 3.05) is 40.9 Å². The summed E-state index contributed by atoms with van der Waals surface area (Å²) in [4.78, 5) is 32.2. The predicted octanol–water partition coefficient (Wildman–Crippen LogP) is 4.99. The molecule has 224 valence electrons. The minimum absolute atomic E-state index is 0.0427. The Hall–Kier alpha value is -4.93. The molecule has 0 radical (unpaired) electrons. The molecule has 10 nitrogen and oxygen atoms in total. The Morgan fingerprint density at radius 2 is 2.00 bits per heavy atom. The third-order valence-corrected chi connectivity index (χ3v) is 7.40. The zero-order valence-electron chi connectivity index (χ0n) is 24.8. The van der Waals surface area contributed by atoms with E-state index in [0.717, 1.165) is 11.1 Å². The third kappa shape index (κ3) is 6.30. The van der Waals surface area contributed by atoms with Crippen molar-refractivity contribution in [3.8, 4) is 16.9 Å². The van der Waals surface area contributed by atoms with Crippen LogP contribution in [-0.4, -0.2) is 82.5 Å². The average molecular weight is 587 g/mol. The summed E-state index contributed by atoms with van der Waals surface area (Å²) in [6.07, 6.45) is 9.58. The molecule has 0 saturated heterocycles. The molecule has 0 spiro atoms. The van der Waals surface area contributed by atoms with E-state index < -0.39 is 5.82 Å². The summed E-state index contributed by atoms with van der Waals surface area (Å²) in [5.41, 5.74) is 3.87. The van der Waals surface area contributed by atoms with Crippen LogP contribution in [0, 0.1) is 5.82 Å². The second-order valence-electron chi connectivity index (χ2n) is 10.4. The number of nitrogens with zero attached hydrogens (tertiary/aromatic N) is 5. The van der Waals surface area contributed by atoms with E-state index in [1.54, 1.807) is 61.6 Å². The van der Waals surface area contributed by atoms with Crippen molar-refractivity contribution in [3.63, 3.8) is 0 Å². The monoisotopic (exact) mass is 586 g/mol. The Kier molecular flexibility index (Phi) is 8.89. The van der Waals surface area contributed by atoms with Gasteiger partial charge in [0.25, 0.3) is 5.91 Å². The van der Waals surface area contributed by atoms with Crippen LogP contribution in [0.25, 0.3) is 33.7 Å². The maximum Gasteiger partial charge on any atom is 0.269 e. The van der Waals surface area contributed by atoms with Crippen LogP contribution in [0.15, 0.2) is 55.1 Å². The zero-order chi connectivity index (χ0) is 30.5. The number of hydrogen-bond acceptors (Lipinski definition) is 6. The third-order valence-electron chi connectivity index (χ3n) is 7.40. The lowest BCUT2D eigenvalue weighted by atomic mass is 9.92. The van der Waals surface area contributed by atoms with Crippen molar-refractivity contribution in [1.29, 1.82) is 0 Å². The quantitative estimate of drug-likeness (QED) is 0.263. The number of aryl methyl sites for hydroxylation is 1. The van der Waals surface area contributed by atoms with Crippen molar-refractivity contribution in [2.24, 2.45) is 0 Å². The molecule has 0 saturated carbocycles. The molecule has 3 heterocycles. The lowest BCUT2D eigenvalue weighted by Crippen LogP contribution is -2.36. The Morgan fingerprint density at radius 3 is 2.72 bits per heavy atom. The Labute approximate surface area is 249 Å². The van der Waals surface area contributed by atoms with Crippen molar-refractivity contribution in [1.82, 2.24) is 29.8 Å². The van der Waals surface area contributed by atoms with Gasteiger partial charge in [-0.2, -0.15) is 0 Å². The van der Waals surface area contributed by atoms with Crippen molar-refractivity contribution in [2.45, 2.75) is 26.3 Å². The summed E-state index contributed by atoms with van der Waals surface area (Å²) in [6, 6.07) is 9.19. The van der Waals surface area contributed by atoms with Gasteiger partial charge in [-0.1, -0.05) is 23.4 Å². The predicted molar refractivity (Wildman–Crippen MR) is 163 cm³/mol. The van der Waals surface area contributed by atoms with Crippen LogP contribution in [0.1, 0.15) is 41.4 Å². The maximum absolute atomic E-state index is 16.3. The molecule has 1 N–H and O–H groups in total. The fraction of sp³-hybridized carbons (Fsp3) is 0.312. The van der Waals surface area contributed by atoms with Crippen molar-refractivity contribution < 1.29 is 23.5 Å². The van der Waals surface area contributed by atoms with Crippen LogP contribution < -0.4 is 4.74 Å². The van der Waals surface area contributed by atoms with E-state index in [4.69, 9.17) is 9.47 Å².